The zero-order chi connectivity index (χ0) is 9.42. The Balaban J connectivity index is 2.33. The lowest BCUT2D eigenvalue weighted by molar-refractivity contribution is 0.0963. The first-order valence-electron chi connectivity index (χ1n) is 4.18. The molecule has 1 nitrogen and oxygen atoms in total. The molecule has 0 aliphatic heterocycles. The van der Waals surface area contributed by atoms with Gasteiger partial charge in [0.2, 0.25) is 0 Å². The van der Waals surface area contributed by atoms with E-state index in [0.717, 1.165) is 25.0 Å². The van der Waals surface area contributed by atoms with Gasteiger partial charge >= 0.3 is 0 Å². The molecule has 1 aromatic rings. The van der Waals surface area contributed by atoms with Crippen molar-refractivity contribution in [1.82, 2.24) is 0 Å². The summed E-state index contributed by atoms with van der Waals surface area (Å²) in [4.78, 5) is 11.4. The third-order valence-electron chi connectivity index (χ3n) is 2.14. The van der Waals surface area contributed by atoms with Crippen LogP contribution in [-0.2, 0) is 0 Å². The molecule has 0 heterocycles. The van der Waals surface area contributed by atoms with Gasteiger partial charge < -0.3 is 0 Å². The van der Waals surface area contributed by atoms with E-state index in [-0.39, 0.29) is 17.3 Å². The second-order valence-corrected chi connectivity index (χ2v) is 3.26. The lowest BCUT2D eigenvalue weighted by atomic mass is 10.1. The largest absolute Gasteiger partial charge is 0.294 e. The first kappa shape index (κ1) is 8.35. The summed E-state index contributed by atoms with van der Waals surface area (Å²) in [5, 5.41) is 0. The molecule has 0 amide bonds. The Morgan fingerprint density at radius 2 is 2.00 bits per heavy atom. The first-order chi connectivity index (χ1) is 6.18. The van der Waals surface area contributed by atoms with Crippen LogP contribution in [0.25, 0.3) is 0 Å². The van der Waals surface area contributed by atoms with Crippen LogP contribution in [-0.4, -0.2) is 5.78 Å². The molecule has 68 valence electrons. The van der Waals surface area contributed by atoms with Crippen molar-refractivity contribution < 1.29 is 13.6 Å². The van der Waals surface area contributed by atoms with Crippen molar-refractivity contribution in [3.8, 4) is 0 Å². The Morgan fingerprint density at radius 1 is 1.31 bits per heavy atom. The first-order valence-corrected chi connectivity index (χ1v) is 4.18. The molecule has 0 bridgehead atoms. The van der Waals surface area contributed by atoms with Gasteiger partial charge in [0, 0.05) is 12.0 Å². The Hall–Kier alpha value is -1.25. The van der Waals surface area contributed by atoms with Crippen molar-refractivity contribution in [2.45, 2.75) is 12.8 Å². The number of carbonyl (C=O) groups is 1. The molecule has 1 saturated carbocycles. The number of hydrogen-bond acceptors (Lipinski definition) is 1. The quantitative estimate of drug-likeness (QED) is 0.642. The molecular formula is C10H8F2O. The predicted octanol–water partition coefficient (Wildman–Crippen LogP) is 2.56. The lowest BCUT2D eigenvalue weighted by Crippen LogP contribution is -2.04. The van der Waals surface area contributed by atoms with Crippen LogP contribution in [0.3, 0.4) is 0 Å². The second-order valence-electron chi connectivity index (χ2n) is 3.26. The minimum absolute atomic E-state index is 0.0175. The standard InChI is InChI=1S/C10H8F2O/c11-7-3-4-8(9(12)5-7)10(13)6-1-2-6/h3-6H,1-2H2. The van der Waals surface area contributed by atoms with E-state index in [0.29, 0.717) is 0 Å². The fourth-order valence-corrected chi connectivity index (χ4v) is 1.25. The number of halogens is 2. The molecule has 1 aliphatic rings. The van der Waals surface area contributed by atoms with Gasteiger partial charge in [0.15, 0.2) is 5.78 Å². The Kier molecular flexibility index (Phi) is 1.87. The molecule has 1 aromatic carbocycles. The van der Waals surface area contributed by atoms with E-state index in [1.165, 1.54) is 6.07 Å². The van der Waals surface area contributed by atoms with E-state index in [2.05, 4.69) is 0 Å². The topological polar surface area (TPSA) is 17.1 Å². The molecule has 1 fully saturated rings. The van der Waals surface area contributed by atoms with E-state index in [1.807, 2.05) is 0 Å². The lowest BCUT2D eigenvalue weighted by Gasteiger charge is -1.99. The summed E-state index contributed by atoms with van der Waals surface area (Å²) in [5.41, 5.74) is 0.0175. The highest BCUT2D eigenvalue weighted by molar-refractivity contribution is 5.99. The smallest absolute Gasteiger partial charge is 0.168 e. The molecule has 0 saturated heterocycles. The molecule has 3 heteroatoms. The summed E-state index contributed by atoms with van der Waals surface area (Å²) >= 11 is 0. The maximum atomic E-state index is 13.0. The van der Waals surface area contributed by atoms with Crippen molar-refractivity contribution in [1.29, 1.82) is 0 Å². The summed E-state index contributed by atoms with van der Waals surface area (Å²) in [5.74, 6) is -1.63. The minimum Gasteiger partial charge on any atom is -0.294 e. The second kappa shape index (κ2) is 2.91. The molecule has 2 rings (SSSR count). The SMILES string of the molecule is O=C(c1ccc(F)cc1F)C1CC1. The van der Waals surface area contributed by atoms with Crippen LogP contribution in [0.5, 0.6) is 0 Å². The van der Waals surface area contributed by atoms with Gasteiger partial charge in [0.05, 0.1) is 5.56 Å². The number of carbonyl (C=O) groups excluding carboxylic acids is 1. The van der Waals surface area contributed by atoms with Crippen molar-refractivity contribution in [3.05, 3.63) is 35.4 Å². The van der Waals surface area contributed by atoms with Crippen molar-refractivity contribution in [2.75, 3.05) is 0 Å². The van der Waals surface area contributed by atoms with Gasteiger partial charge in [-0.3, -0.25) is 4.79 Å². The zero-order valence-electron chi connectivity index (χ0n) is 6.89. The molecule has 0 atom stereocenters. The highest BCUT2D eigenvalue weighted by Crippen LogP contribution is 2.33. The number of Topliss-reactive ketones (excluding diaryl/α,β-unsaturated/α-hetero) is 1. The number of rotatable bonds is 2. The van der Waals surface area contributed by atoms with Gasteiger partial charge in [-0.25, -0.2) is 8.78 Å². The molecule has 0 aromatic heterocycles. The van der Waals surface area contributed by atoms with E-state index in [1.54, 1.807) is 0 Å². The third-order valence-corrected chi connectivity index (χ3v) is 2.14. The predicted molar refractivity (Wildman–Crippen MR) is 43.4 cm³/mol. The summed E-state index contributed by atoms with van der Waals surface area (Å²) in [7, 11) is 0. The third kappa shape index (κ3) is 1.59. The summed E-state index contributed by atoms with van der Waals surface area (Å²) in [6.07, 6.45) is 1.66. The normalized spacial score (nSPS) is 15.8. The highest BCUT2D eigenvalue weighted by Gasteiger charge is 2.31. The average Bonchev–Trinajstić information content (AvgIpc) is 2.85. The Morgan fingerprint density at radius 3 is 2.54 bits per heavy atom. The van der Waals surface area contributed by atoms with Gasteiger partial charge in [-0.1, -0.05) is 0 Å². The van der Waals surface area contributed by atoms with Crippen molar-refractivity contribution >= 4 is 5.78 Å². The van der Waals surface area contributed by atoms with Gasteiger partial charge in [0.25, 0.3) is 0 Å². The van der Waals surface area contributed by atoms with Crippen LogP contribution in [0.4, 0.5) is 8.78 Å². The monoisotopic (exact) mass is 182 g/mol. The van der Waals surface area contributed by atoms with Crippen LogP contribution >= 0.6 is 0 Å². The van der Waals surface area contributed by atoms with Gasteiger partial charge in [-0.05, 0) is 25.0 Å². The van der Waals surface area contributed by atoms with Gasteiger partial charge in [-0.2, -0.15) is 0 Å². The molecule has 13 heavy (non-hydrogen) atoms. The molecule has 0 unspecified atom stereocenters. The van der Waals surface area contributed by atoms with E-state index < -0.39 is 11.6 Å². The van der Waals surface area contributed by atoms with E-state index >= 15 is 0 Å². The Labute approximate surface area is 74.4 Å². The molecular weight excluding hydrogens is 174 g/mol. The summed E-state index contributed by atoms with van der Waals surface area (Å²) < 4.78 is 25.5. The maximum absolute atomic E-state index is 13.0. The van der Waals surface area contributed by atoms with E-state index in [9.17, 15) is 13.6 Å². The van der Waals surface area contributed by atoms with Crippen LogP contribution in [0.2, 0.25) is 0 Å². The minimum atomic E-state index is -0.753. The van der Waals surface area contributed by atoms with Crippen LogP contribution in [0, 0.1) is 17.6 Å². The summed E-state index contributed by atoms with van der Waals surface area (Å²) in [6.45, 7) is 0. The molecule has 1 aliphatic carbocycles. The van der Waals surface area contributed by atoms with Crippen LogP contribution < -0.4 is 0 Å². The number of benzene rings is 1. The molecule has 0 N–H and O–H groups in total. The van der Waals surface area contributed by atoms with Crippen LogP contribution in [0.15, 0.2) is 18.2 Å². The number of ketones is 1. The van der Waals surface area contributed by atoms with Gasteiger partial charge in [0.1, 0.15) is 11.6 Å². The maximum Gasteiger partial charge on any atom is 0.168 e. The van der Waals surface area contributed by atoms with Crippen LogP contribution in [0.1, 0.15) is 23.2 Å². The Bertz CT molecular complexity index is 356. The molecule has 0 radical (unpaired) electrons. The fraction of sp³-hybridized carbons (Fsp3) is 0.300. The molecule has 0 spiro atoms. The van der Waals surface area contributed by atoms with E-state index in [4.69, 9.17) is 0 Å². The highest BCUT2D eigenvalue weighted by atomic mass is 19.1. The van der Waals surface area contributed by atoms with Crippen molar-refractivity contribution in [3.63, 3.8) is 0 Å². The zero-order valence-corrected chi connectivity index (χ0v) is 6.89. The fourth-order valence-electron chi connectivity index (χ4n) is 1.25. The summed E-state index contributed by atoms with van der Waals surface area (Å²) in [6, 6.07) is 3.07. The average molecular weight is 182 g/mol. The number of hydrogen-bond donors (Lipinski definition) is 0. The van der Waals surface area contributed by atoms with Gasteiger partial charge in [-0.15, -0.1) is 0 Å². The van der Waals surface area contributed by atoms with Crippen molar-refractivity contribution in [2.24, 2.45) is 5.92 Å².